The number of sulfone groups is 1. The molecule has 2 aromatic heterocycles. The summed E-state index contributed by atoms with van der Waals surface area (Å²) in [6.07, 6.45) is 3.30. The molecule has 0 bridgehead atoms. The van der Waals surface area contributed by atoms with Crippen molar-refractivity contribution in [2.75, 3.05) is 25.3 Å². The highest BCUT2D eigenvalue weighted by Gasteiger charge is 2.33. The molecule has 0 saturated heterocycles. The third kappa shape index (κ3) is 4.19. The molecule has 0 saturated carbocycles. The second-order valence-corrected chi connectivity index (χ2v) is 9.17. The number of anilines is 2. The minimum atomic E-state index is -3.53. The summed E-state index contributed by atoms with van der Waals surface area (Å²) in [7, 11) is -0.727. The molecular formula is C19H18ClN5O5S. The van der Waals surface area contributed by atoms with E-state index in [-0.39, 0.29) is 29.4 Å². The van der Waals surface area contributed by atoms with Crippen LogP contribution in [-0.4, -0.2) is 54.1 Å². The zero-order valence-electron chi connectivity index (χ0n) is 16.6. The van der Waals surface area contributed by atoms with E-state index < -0.39 is 15.8 Å². The Morgan fingerprint density at radius 2 is 2.10 bits per heavy atom. The van der Waals surface area contributed by atoms with Crippen molar-refractivity contribution >= 4 is 38.9 Å². The predicted octanol–water partition coefficient (Wildman–Crippen LogP) is 2.25. The van der Waals surface area contributed by atoms with Gasteiger partial charge in [-0.05, 0) is 18.2 Å². The minimum absolute atomic E-state index is 0.0415. The third-order valence-electron chi connectivity index (χ3n) is 4.68. The standard InChI is InChI=1S/C19H18ClN5O5S/c1-29-15-4-3-11(7-13(15)20)18-23-14-5-6-31(27,28)17(14)19(24-18)22-12-8-21-25(9-12)10-16(26)30-2/h3-4,7-9H,5-6,10H2,1-2H3,(H,22,23,24). The number of rotatable bonds is 6. The fourth-order valence-electron chi connectivity index (χ4n) is 3.19. The molecule has 10 nitrogen and oxygen atoms in total. The number of esters is 1. The van der Waals surface area contributed by atoms with Gasteiger partial charge < -0.3 is 14.8 Å². The van der Waals surface area contributed by atoms with E-state index >= 15 is 0 Å². The number of methoxy groups -OCH3 is 2. The molecule has 4 rings (SSSR count). The lowest BCUT2D eigenvalue weighted by Crippen LogP contribution is -2.11. The lowest BCUT2D eigenvalue weighted by molar-refractivity contribution is -0.141. The number of benzene rings is 1. The van der Waals surface area contributed by atoms with Crippen LogP contribution in [0.3, 0.4) is 0 Å². The summed E-state index contributed by atoms with van der Waals surface area (Å²) in [5, 5.41) is 7.45. The molecule has 0 radical (unpaired) electrons. The molecule has 31 heavy (non-hydrogen) atoms. The van der Waals surface area contributed by atoms with Crippen molar-refractivity contribution in [3.8, 4) is 17.1 Å². The number of fused-ring (bicyclic) bond motifs is 1. The molecule has 3 aromatic rings. The predicted molar refractivity (Wildman–Crippen MR) is 112 cm³/mol. The Kier molecular flexibility index (Phi) is 5.54. The maximum absolute atomic E-state index is 12.6. The molecule has 3 heterocycles. The summed E-state index contributed by atoms with van der Waals surface area (Å²) < 4.78 is 36.4. The van der Waals surface area contributed by atoms with Gasteiger partial charge in [-0.15, -0.1) is 0 Å². The van der Waals surface area contributed by atoms with Crippen molar-refractivity contribution in [1.82, 2.24) is 19.7 Å². The van der Waals surface area contributed by atoms with E-state index in [1.807, 2.05) is 0 Å². The van der Waals surface area contributed by atoms with Crippen molar-refractivity contribution in [2.45, 2.75) is 17.9 Å². The van der Waals surface area contributed by atoms with Gasteiger partial charge in [0.15, 0.2) is 21.5 Å². The van der Waals surface area contributed by atoms with Crippen LogP contribution in [0, 0.1) is 0 Å². The van der Waals surface area contributed by atoms with Crippen LogP contribution in [0.5, 0.6) is 5.75 Å². The second-order valence-electron chi connectivity index (χ2n) is 6.72. The quantitative estimate of drug-likeness (QED) is 0.547. The molecular weight excluding hydrogens is 446 g/mol. The fraction of sp³-hybridized carbons (Fsp3) is 0.263. The van der Waals surface area contributed by atoms with E-state index in [0.717, 1.165) is 0 Å². The first-order valence-electron chi connectivity index (χ1n) is 9.14. The summed E-state index contributed by atoms with van der Waals surface area (Å²) >= 11 is 6.23. The van der Waals surface area contributed by atoms with Gasteiger partial charge in [-0.2, -0.15) is 5.10 Å². The van der Waals surface area contributed by atoms with Gasteiger partial charge in [0.05, 0.1) is 42.6 Å². The van der Waals surface area contributed by atoms with E-state index in [9.17, 15) is 13.2 Å². The zero-order valence-corrected chi connectivity index (χ0v) is 18.2. The van der Waals surface area contributed by atoms with Crippen molar-refractivity contribution in [1.29, 1.82) is 0 Å². The first-order chi connectivity index (χ1) is 14.8. The normalized spacial score (nSPS) is 14.2. The van der Waals surface area contributed by atoms with Crippen LogP contribution >= 0.6 is 11.6 Å². The molecule has 1 aromatic carbocycles. The molecule has 0 aliphatic carbocycles. The monoisotopic (exact) mass is 463 g/mol. The van der Waals surface area contributed by atoms with Crippen LogP contribution in [0.4, 0.5) is 11.5 Å². The Morgan fingerprint density at radius 1 is 1.29 bits per heavy atom. The van der Waals surface area contributed by atoms with Crippen molar-refractivity contribution in [3.63, 3.8) is 0 Å². The fourth-order valence-corrected chi connectivity index (χ4v) is 5.02. The molecule has 162 valence electrons. The second kappa shape index (κ2) is 8.16. The van der Waals surface area contributed by atoms with Crippen molar-refractivity contribution in [3.05, 3.63) is 41.3 Å². The average Bonchev–Trinajstić information content (AvgIpc) is 3.31. The Balaban J connectivity index is 1.75. The zero-order chi connectivity index (χ0) is 22.2. The number of nitrogens with zero attached hydrogens (tertiary/aromatic N) is 4. The van der Waals surface area contributed by atoms with Gasteiger partial charge in [0, 0.05) is 18.2 Å². The van der Waals surface area contributed by atoms with Gasteiger partial charge in [0.1, 0.15) is 17.2 Å². The molecule has 0 unspecified atom stereocenters. The van der Waals surface area contributed by atoms with Gasteiger partial charge in [-0.25, -0.2) is 18.4 Å². The Hall–Kier alpha value is -3.18. The number of aromatic nitrogens is 4. The average molecular weight is 464 g/mol. The first-order valence-corrected chi connectivity index (χ1v) is 11.2. The number of carbonyl (C=O) groups excluding carboxylic acids is 1. The summed E-state index contributed by atoms with van der Waals surface area (Å²) in [6.45, 7) is -0.0754. The molecule has 1 aliphatic heterocycles. The van der Waals surface area contributed by atoms with Crippen molar-refractivity contribution in [2.24, 2.45) is 0 Å². The molecule has 0 spiro atoms. The molecule has 1 N–H and O–H groups in total. The number of nitrogens with one attached hydrogen (secondary N) is 1. The van der Waals surface area contributed by atoms with Gasteiger partial charge in [0.25, 0.3) is 0 Å². The van der Waals surface area contributed by atoms with Gasteiger partial charge in [0.2, 0.25) is 0 Å². The Morgan fingerprint density at radius 3 is 2.81 bits per heavy atom. The lowest BCUT2D eigenvalue weighted by atomic mass is 10.2. The van der Waals surface area contributed by atoms with Crippen LogP contribution in [0.15, 0.2) is 35.5 Å². The maximum atomic E-state index is 12.6. The van der Waals surface area contributed by atoms with Crippen LogP contribution in [0.25, 0.3) is 11.4 Å². The first kappa shape index (κ1) is 21.1. The highest BCUT2D eigenvalue weighted by atomic mass is 35.5. The molecule has 0 atom stereocenters. The smallest absolute Gasteiger partial charge is 0.327 e. The van der Waals surface area contributed by atoms with Gasteiger partial charge >= 0.3 is 5.97 Å². The van der Waals surface area contributed by atoms with E-state index in [1.54, 1.807) is 24.4 Å². The molecule has 12 heteroatoms. The highest BCUT2D eigenvalue weighted by molar-refractivity contribution is 7.91. The van der Waals surface area contributed by atoms with E-state index in [4.69, 9.17) is 16.3 Å². The number of aryl methyl sites for hydroxylation is 1. The van der Waals surface area contributed by atoms with Gasteiger partial charge in [-0.1, -0.05) is 11.6 Å². The SMILES string of the molecule is COC(=O)Cn1cc(Nc2nc(-c3ccc(OC)c(Cl)c3)nc3c2S(=O)(=O)CC3)cn1. The molecule has 0 amide bonds. The lowest BCUT2D eigenvalue weighted by Gasteiger charge is -2.11. The van der Waals surface area contributed by atoms with Crippen LogP contribution in [0.2, 0.25) is 5.02 Å². The summed E-state index contributed by atoms with van der Waals surface area (Å²) in [5.74, 6) is 0.469. The third-order valence-corrected chi connectivity index (χ3v) is 6.77. The number of halogens is 1. The summed E-state index contributed by atoms with van der Waals surface area (Å²) in [6, 6.07) is 5.09. The van der Waals surface area contributed by atoms with Crippen LogP contribution in [-0.2, 0) is 32.3 Å². The van der Waals surface area contributed by atoms with E-state index in [0.29, 0.717) is 33.5 Å². The van der Waals surface area contributed by atoms with E-state index in [2.05, 4.69) is 25.1 Å². The minimum Gasteiger partial charge on any atom is -0.495 e. The largest absolute Gasteiger partial charge is 0.495 e. The maximum Gasteiger partial charge on any atom is 0.327 e. The summed E-state index contributed by atoms with van der Waals surface area (Å²) in [5.41, 5.74) is 1.51. The van der Waals surface area contributed by atoms with Crippen LogP contribution < -0.4 is 10.1 Å². The van der Waals surface area contributed by atoms with Crippen molar-refractivity contribution < 1.29 is 22.7 Å². The van der Waals surface area contributed by atoms with Crippen LogP contribution in [0.1, 0.15) is 5.69 Å². The number of carbonyl (C=O) groups is 1. The molecule has 0 fully saturated rings. The Bertz CT molecular complexity index is 1270. The molecule has 1 aliphatic rings. The Labute approximate surface area is 183 Å². The number of hydrogen-bond acceptors (Lipinski definition) is 9. The van der Waals surface area contributed by atoms with E-state index in [1.165, 1.54) is 25.1 Å². The number of hydrogen-bond donors (Lipinski definition) is 1. The highest BCUT2D eigenvalue weighted by Crippen LogP contribution is 2.35. The number of ether oxygens (including phenoxy) is 2. The van der Waals surface area contributed by atoms with Gasteiger partial charge in [-0.3, -0.25) is 9.48 Å². The topological polar surface area (TPSA) is 125 Å². The summed E-state index contributed by atoms with van der Waals surface area (Å²) in [4.78, 5) is 20.4.